The highest BCUT2D eigenvalue weighted by Crippen LogP contribution is 2.25. The first-order valence-corrected chi connectivity index (χ1v) is 9.63. The fraction of sp³-hybridized carbons (Fsp3) is 0.111. The van der Waals surface area contributed by atoms with Crippen LogP contribution in [0.4, 0.5) is 10.1 Å². The summed E-state index contributed by atoms with van der Waals surface area (Å²) in [5.41, 5.74) is 1.49. The summed E-state index contributed by atoms with van der Waals surface area (Å²) in [5.74, 6) is 0.285. The maximum atomic E-state index is 12.9. The van der Waals surface area contributed by atoms with Crippen LogP contribution >= 0.6 is 23.5 Å². The van der Waals surface area contributed by atoms with E-state index in [0.29, 0.717) is 11.0 Å². The van der Waals surface area contributed by atoms with Gasteiger partial charge in [-0.2, -0.15) is 0 Å². The van der Waals surface area contributed by atoms with Crippen molar-refractivity contribution in [2.24, 2.45) is 0 Å². The summed E-state index contributed by atoms with van der Waals surface area (Å²) in [5, 5.41) is 3.22. The van der Waals surface area contributed by atoms with Crippen LogP contribution in [0, 0.1) is 5.82 Å². The van der Waals surface area contributed by atoms with Crippen molar-refractivity contribution in [3.05, 3.63) is 60.5 Å². The molecule has 2 aromatic carbocycles. The molecule has 0 saturated heterocycles. The van der Waals surface area contributed by atoms with Crippen LogP contribution < -0.4 is 5.32 Å². The lowest BCUT2D eigenvalue weighted by Gasteiger charge is -2.04. The Labute approximate surface area is 153 Å². The van der Waals surface area contributed by atoms with E-state index >= 15 is 0 Å². The number of oxazole rings is 1. The highest BCUT2D eigenvalue weighted by atomic mass is 32.2. The number of benzene rings is 2. The summed E-state index contributed by atoms with van der Waals surface area (Å²) in [6, 6.07) is 13.6. The summed E-state index contributed by atoms with van der Waals surface area (Å²) < 4.78 is 18.5. The van der Waals surface area contributed by atoms with Gasteiger partial charge in [0, 0.05) is 16.1 Å². The lowest BCUT2D eigenvalue weighted by Crippen LogP contribution is -2.13. The summed E-state index contributed by atoms with van der Waals surface area (Å²) in [6.45, 7) is 0. The number of carbonyl (C=O) groups excluding carboxylic acids is 1. The van der Waals surface area contributed by atoms with Gasteiger partial charge in [-0.3, -0.25) is 4.79 Å². The van der Waals surface area contributed by atoms with Crippen LogP contribution in [0.2, 0.25) is 0 Å². The van der Waals surface area contributed by atoms with Crippen LogP contribution in [-0.4, -0.2) is 22.9 Å². The van der Waals surface area contributed by atoms with Crippen LogP contribution in [0.25, 0.3) is 11.3 Å². The van der Waals surface area contributed by atoms with Crippen LogP contribution in [-0.2, 0) is 4.79 Å². The molecule has 0 aliphatic heterocycles. The lowest BCUT2D eigenvalue weighted by molar-refractivity contribution is -0.113. The third-order valence-corrected chi connectivity index (χ3v) is 4.90. The number of aromatic nitrogens is 1. The van der Waals surface area contributed by atoms with Gasteiger partial charge >= 0.3 is 0 Å². The first-order chi connectivity index (χ1) is 12.1. The molecular weight excluding hydrogens is 359 g/mol. The van der Waals surface area contributed by atoms with Gasteiger partial charge in [0.15, 0.2) is 5.76 Å². The molecule has 0 spiro atoms. The summed E-state index contributed by atoms with van der Waals surface area (Å²) in [7, 11) is 0. The van der Waals surface area contributed by atoms with Crippen molar-refractivity contribution in [3.63, 3.8) is 0 Å². The van der Waals surface area contributed by atoms with E-state index in [4.69, 9.17) is 4.42 Å². The molecule has 4 nitrogen and oxygen atoms in total. The Hall–Kier alpha value is -2.25. The van der Waals surface area contributed by atoms with E-state index < -0.39 is 0 Å². The molecule has 0 radical (unpaired) electrons. The molecule has 1 N–H and O–H groups in total. The van der Waals surface area contributed by atoms with Gasteiger partial charge in [0.05, 0.1) is 11.9 Å². The molecular formula is C18H15FN2O2S2. The average Bonchev–Trinajstić information content (AvgIpc) is 3.10. The molecule has 1 heterocycles. The largest absolute Gasteiger partial charge is 0.431 e. The van der Waals surface area contributed by atoms with Crippen molar-refractivity contribution in [1.82, 2.24) is 4.98 Å². The number of hydrogen-bond donors (Lipinski definition) is 1. The number of nitrogens with one attached hydrogen (secondary N) is 1. The Morgan fingerprint density at radius 1 is 1.16 bits per heavy atom. The number of amides is 1. The average molecular weight is 374 g/mol. The maximum Gasteiger partial charge on any atom is 0.256 e. The van der Waals surface area contributed by atoms with Gasteiger partial charge in [-0.15, -0.1) is 11.8 Å². The Balaban J connectivity index is 1.54. The van der Waals surface area contributed by atoms with Crippen molar-refractivity contribution in [2.45, 2.75) is 10.1 Å². The molecule has 0 aliphatic carbocycles. The zero-order valence-electron chi connectivity index (χ0n) is 13.4. The zero-order valence-corrected chi connectivity index (χ0v) is 15.0. The topological polar surface area (TPSA) is 55.1 Å². The third-order valence-electron chi connectivity index (χ3n) is 3.31. The Morgan fingerprint density at radius 3 is 2.56 bits per heavy atom. The summed E-state index contributed by atoms with van der Waals surface area (Å²) >= 11 is 2.85. The molecule has 3 aromatic rings. The minimum Gasteiger partial charge on any atom is -0.431 e. The molecule has 1 aromatic heterocycles. The monoisotopic (exact) mass is 374 g/mol. The molecule has 0 aliphatic rings. The van der Waals surface area contributed by atoms with Gasteiger partial charge in [0.25, 0.3) is 5.22 Å². The Kier molecular flexibility index (Phi) is 5.78. The summed E-state index contributed by atoms with van der Waals surface area (Å²) in [4.78, 5) is 17.3. The van der Waals surface area contributed by atoms with E-state index in [1.807, 2.05) is 30.5 Å². The Bertz CT molecular complexity index is 848. The van der Waals surface area contributed by atoms with E-state index in [1.54, 1.807) is 30.1 Å². The number of halogens is 1. The molecule has 0 fully saturated rings. The van der Waals surface area contributed by atoms with Crippen LogP contribution in [0.15, 0.2) is 69.3 Å². The van der Waals surface area contributed by atoms with E-state index in [-0.39, 0.29) is 17.5 Å². The highest BCUT2D eigenvalue weighted by Gasteiger charge is 2.10. The number of anilines is 1. The first kappa shape index (κ1) is 17.6. The standard InChI is InChI=1S/C18H15FN2O2S2/c1-24-15-8-6-14(7-9-15)21-17(22)11-25-18-20-10-16(23-18)12-2-4-13(19)5-3-12/h2-10H,11H2,1H3,(H,21,22). The van der Waals surface area contributed by atoms with E-state index in [9.17, 15) is 9.18 Å². The van der Waals surface area contributed by atoms with Gasteiger partial charge in [0.1, 0.15) is 5.82 Å². The number of thioether (sulfide) groups is 2. The predicted octanol–water partition coefficient (Wildman–Crippen LogP) is 4.93. The lowest BCUT2D eigenvalue weighted by atomic mass is 10.2. The molecule has 3 rings (SSSR count). The minimum atomic E-state index is -0.305. The number of nitrogens with zero attached hydrogens (tertiary/aromatic N) is 1. The fourth-order valence-electron chi connectivity index (χ4n) is 2.07. The van der Waals surface area contributed by atoms with Crippen LogP contribution in [0.1, 0.15) is 0 Å². The van der Waals surface area contributed by atoms with Gasteiger partial charge in [-0.1, -0.05) is 11.8 Å². The quantitative estimate of drug-likeness (QED) is 0.620. The van der Waals surface area contributed by atoms with Crippen molar-refractivity contribution in [2.75, 3.05) is 17.3 Å². The zero-order chi connectivity index (χ0) is 17.6. The second-order valence-corrected chi connectivity index (χ2v) is 6.87. The molecule has 25 heavy (non-hydrogen) atoms. The number of rotatable bonds is 6. The van der Waals surface area contributed by atoms with Crippen molar-refractivity contribution < 1.29 is 13.6 Å². The Morgan fingerprint density at radius 2 is 1.88 bits per heavy atom. The molecule has 0 bridgehead atoms. The SMILES string of the molecule is CSc1ccc(NC(=O)CSc2ncc(-c3ccc(F)cc3)o2)cc1. The first-order valence-electron chi connectivity index (χ1n) is 7.42. The molecule has 128 valence electrons. The molecule has 7 heteroatoms. The van der Waals surface area contributed by atoms with E-state index in [0.717, 1.165) is 16.1 Å². The molecule has 1 amide bonds. The van der Waals surface area contributed by atoms with E-state index in [1.165, 1.54) is 23.9 Å². The van der Waals surface area contributed by atoms with Crippen LogP contribution in [0.5, 0.6) is 0 Å². The maximum absolute atomic E-state index is 12.9. The van der Waals surface area contributed by atoms with Crippen molar-refractivity contribution in [3.8, 4) is 11.3 Å². The normalized spacial score (nSPS) is 10.6. The molecule has 0 atom stereocenters. The molecule has 0 saturated carbocycles. The van der Waals surface area contributed by atoms with Crippen molar-refractivity contribution in [1.29, 1.82) is 0 Å². The minimum absolute atomic E-state index is 0.136. The van der Waals surface area contributed by atoms with Gasteiger partial charge in [-0.25, -0.2) is 9.37 Å². The van der Waals surface area contributed by atoms with Gasteiger partial charge < -0.3 is 9.73 Å². The number of carbonyl (C=O) groups is 1. The second kappa shape index (κ2) is 8.22. The highest BCUT2D eigenvalue weighted by molar-refractivity contribution is 7.99. The fourth-order valence-corrected chi connectivity index (χ4v) is 3.08. The molecule has 0 unspecified atom stereocenters. The van der Waals surface area contributed by atoms with Gasteiger partial charge in [-0.05, 0) is 54.8 Å². The summed E-state index contributed by atoms with van der Waals surface area (Å²) in [6.07, 6.45) is 3.56. The van der Waals surface area contributed by atoms with Crippen LogP contribution in [0.3, 0.4) is 0 Å². The smallest absolute Gasteiger partial charge is 0.256 e. The van der Waals surface area contributed by atoms with E-state index in [2.05, 4.69) is 10.3 Å². The predicted molar refractivity (Wildman–Crippen MR) is 99.5 cm³/mol. The third kappa shape index (κ3) is 4.87. The second-order valence-electron chi connectivity index (χ2n) is 5.06. The van der Waals surface area contributed by atoms with Gasteiger partial charge in [0.2, 0.25) is 5.91 Å². The number of hydrogen-bond acceptors (Lipinski definition) is 5. The van der Waals surface area contributed by atoms with Crippen molar-refractivity contribution >= 4 is 35.1 Å².